The summed E-state index contributed by atoms with van der Waals surface area (Å²) in [6.45, 7) is 3.79. The molecule has 0 amide bonds. The van der Waals surface area contributed by atoms with Gasteiger partial charge in [0.25, 0.3) is 0 Å². The van der Waals surface area contributed by atoms with E-state index in [0.717, 1.165) is 37.2 Å². The summed E-state index contributed by atoms with van der Waals surface area (Å²) in [5, 5.41) is 10.8. The molecule has 0 aromatic heterocycles. The van der Waals surface area contributed by atoms with Gasteiger partial charge in [0, 0.05) is 32.2 Å². The zero-order valence-corrected chi connectivity index (χ0v) is 15.0. The van der Waals surface area contributed by atoms with Crippen molar-refractivity contribution < 1.29 is 19.3 Å². The van der Waals surface area contributed by atoms with E-state index in [-0.39, 0.29) is 6.10 Å². The molecule has 1 aromatic rings. The van der Waals surface area contributed by atoms with Crippen LogP contribution < -0.4 is 4.74 Å². The first kappa shape index (κ1) is 18.2. The van der Waals surface area contributed by atoms with Gasteiger partial charge in [-0.05, 0) is 50.2 Å². The van der Waals surface area contributed by atoms with E-state index in [1.54, 1.807) is 14.2 Å². The quantitative estimate of drug-likeness (QED) is 0.793. The van der Waals surface area contributed by atoms with Crippen molar-refractivity contribution in [2.45, 2.75) is 24.5 Å². The summed E-state index contributed by atoms with van der Waals surface area (Å²) in [6, 6.07) is 7.62. The highest BCUT2D eigenvalue weighted by molar-refractivity contribution is 5.40. The first-order chi connectivity index (χ1) is 12.1. The molecule has 1 N–H and O–H groups in total. The molecule has 3 saturated heterocycles. The first-order valence-electron chi connectivity index (χ1n) is 8.85. The van der Waals surface area contributed by atoms with Gasteiger partial charge in [-0.1, -0.05) is 11.8 Å². The van der Waals surface area contributed by atoms with Crippen molar-refractivity contribution in [2.24, 2.45) is 5.92 Å². The topological polar surface area (TPSA) is 51.2 Å². The fourth-order valence-corrected chi connectivity index (χ4v) is 3.66. The number of piperidine rings is 3. The number of nitrogens with zero attached hydrogens (tertiary/aromatic N) is 1. The largest absolute Gasteiger partial charge is 0.486 e. The Labute approximate surface area is 149 Å². The molecule has 3 heterocycles. The number of benzene rings is 1. The van der Waals surface area contributed by atoms with E-state index in [9.17, 15) is 5.11 Å². The second-order valence-corrected chi connectivity index (χ2v) is 6.90. The molecule has 3 aliphatic rings. The number of methoxy groups -OCH3 is 2. The van der Waals surface area contributed by atoms with Gasteiger partial charge in [-0.25, -0.2) is 0 Å². The van der Waals surface area contributed by atoms with E-state index in [2.05, 4.69) is 16.7 Å². The van der Waals surface area contributed by atoms with E-state index >= 15 is 0 Å². The summed E-state index contributed by atoms with van der Waals surface area (Å²) < 4.78 is 16.1. The molecule has 0 saturated carbocycles. The maximum Gasteiger partial charge on any atom is 0.145 e. The van der Waals surface area contributed by atoms with Crippen LogP contribution in [0, 0.1) is 17.8 Å². The van der Waals surface area contributed by atoms with Crippen LogP contribution in [0.25, 0.3) is 0 Å². The van der Waals surface area contributed by atoms with Gasteiger partial charge in [-0.2, -0.15) is 0 Å². The Hall–Kier alpha value is -1.58. The van der Waals surface area contributed by atoms with Gasteiger partial charge < -0.3 is 19.3 Å². The van der Waals surface area contributed by atoms with Crippen LogP contribution in [0.15, 0.2) is 24.3 Å². The highest BCUT2D eigenvalue weighted by atomic mass is 16.6. The molecule has 136 valence electrons. The van der Waals surface area contributed by atoms with E-state index in [4.69, 9.17) is 14.2 Å². The van der Waals surface area contributed by atoms with E-state index < -0.39 is 5.60 Å². The maximum atomic E-state index is 10.8. The molecule has 0 aliphatic carbocycles. The zero-order chi connectivity index (χ0) is 17.7. The molecule has 4 rings (SSSR count). The Balaban J connectivity index is 1.63. The SMILES string of the molecule is COCC(COC)Oc1ccc(C#CC2(O)CN3CCC2CC3)cc1. The molecule has 1 atom stereocenters. The van der Waals surface area contributed by atoms with Crippen LogP contribution in [0.2, 0.25) is 0 Å². The highest BCUT2D eigenvalue weighted by Gasteiger charge is 2.44. The summed E-state index contributed by atoms with van der Waals surface area (Å²) in [4.78, 5) is 2.30. The Morgan fingerprint density at radius 1 is 1.16 bits per heavy atom. The maximum absolute atomic E-state index is 10.8. The summed E-state index contributed by atoms with van der Waals surface area (Å²) in [5.74, 6) is 7.33. The van der Waals surface area contributed by atoms with Crippen LogP contribution in [0.5, 0.6) is 5.75 Å². The van der Waals surface area contributed by atoms with Gasteiger partial charge in [0.05, 0.1) is 13.2 Å². The van der Waals surface area contributed by atoms with Crippen molar-refractivity contribution in [3.05, 3.63) is 29.8 Å². The Bertz CT molecular complexity index is 607. The van der Waals surface area contributed by atoms with E-state index in [1.807, 2.05) is 24.3 Å². The second-order valence-electron chi connectivity index (χ2n) is 6.90. The van der Waals surface area contributed by atoms with E-state index in [0.29, 0.717) is 25.7 Å². The summed E-state index contributed by atoms with van der Waals surface area (Å²) in [6.07, 6.45) is 1.94. The van der Waals surface area contributed by atoms with Crippen LogP contribution in [-0.4, -0.2) is 68.8 Å². The molecule has 5 heteroatoms. The van der Waals surface area contributed by atoms with Crippen molar-refractivity contribution in [1.29, 1.82) is 0 Å². The number of fused-ring (bicyclic) bond motifs is 3. The van der Waals surface area contributed by atoms with Crippen LogP contribution >= 0.6 is 0 Å². The number of rotatable bonds is 6. The first-order valence-corrected chi connectivity index (χ1v) is 8.85. The fourth-order valence-electron chi connectivity index (χ4n) is 3.66. The lowest BCUT2D eigenvalue weighted by atomic mass is 9.76. The van der Waals surface area contributed by atoms with Gasteiger partial charge >= 0.3 is 0 Å². The van der Waals surface area contributed by atoms with Crippen molar-refractivity contribution in [3.63, 3.8) is 0 Å². The van der Waals surface area contributed by atoms with Gasteiger partial charge in [0.1, 0.15) is 17.5 Å². The molecule has 0 radical (unpaired) electrons. The zero-order valence-electron chi connectivity index (χ0n) is 15.0. The number of aliphatic hydroxyl groups is 1. The molecule has 3 aliphatic heterocycles. The standard InChI is InChI=1S/C20H27NO4/c1-23-13-19(14-24-2)25-18-5-3-16(4-6-18)7-10-20(22)15-21-11-8-17(20)9-12-21/h3-6,17,19,22H,8-9,11-15H2,1-2H3. The van der Waals surface area contributed by atoms with Crippen LogP contribution in [-0.2, 0) is 9.47 Å². The summed E-state index contributed by atoms with van der Waals surface area (Å²) in [7, 11) is 3.29. The van der Waals surface area contributed by atoms with Crippen LogP contribution in [0.4, 0.5) is 0 Å². The summed E-state index contributed by atoms with van der Waals surface area (Å²) >= 11 is 0. The average Bonchev–Trinajstić information content (AvgIpc) is 2.62. The van der Waals surface area contributed by atoms with E-state index in [1.165, 1.54) is 0 Å². The molecule has 3 fully saturated rings. The molecule has 25 heavy (non-hydrogen) atoms. The smallest absolute Gasteiger partial charge is 0.145 e. The van der Waals surface area contributed by atoms with Crippen LogP contribution in [0.1, 0.15) is 18.4 Å². The van der Waals surface area contributed by atoms with Crippen molar-refractivity contribution >= 4 is 0 Å². The number of ether oxygens (including phenoxy) is 3. The van der Waals surface area contributed by atoms with Gasteiger partial charge in [0.2, 0.25) is 0 Å². The molecule has 5 nitrogen and oxygen atoms in total. The minimum Gasteiger partial charge on any atom is -0.486 e. The van der Waals surface area contributed by atoms with Gasteiger partial charge in [0.15, 0.2) is 0 Å². The Kier molecular flexibility index (Phi) is 5.98. The fraction of sp³-hybridized carbons (Fsp3) is 0.600. The summed E-state index contributed by atoms with van der Waals surface area (Å²) in [5.41, 5.74) is 0.0144. The minimum absolute atomic E-state index is 0.139. The molecular weight excluding hydrogens is 318 g/mol. The predicted octanol–water partition coefficient (Wildman–Crippen LogP) is 1.54. The predicted molar refractivity (Wildman–Crippen MR) is 95.6 cm³/mol. The van der Waals surface area contributed by atoms with Crippen LogP contribution in [0.3, 0.4) is 0 Å². The third-order valence-corrected chi connectivity index (χ3v) is 5.01. The monoisotopic (exact) mass is 345 g/mol. The second kappa shape index (κ2) is 8.20. The molecular formula is C20H27NO4. The highest BCUT2D eigenvalue weighted by Crippen LogP contribution is 2.35. The lowest BCUT2D eigenvalue weighted by molar-refractivity contribution is -0.0713. The molecule has 0 spiro atoms. The Morgan fingerprint density at radius 3 is 2.32 bits per heavy atom. The van der Waals surface area contributed by atoms with Crippen molar-refractivity contribution in [3.8, 4) is 17.6 Å². The molecule has 2 bridgehead atoms. The van der Waals surface area contributed by atoms with Gasteiger partial charge in [-0.3, -0.25) is 4.90 Å². The normalized spacial score (nSPS) is 27.8. The Morgan fingerprint density at radius 2 is 1.80 bits per heavy atom. The van der Waals surface area contributed by atoms with Crippen molar-refractivity contribution in [2.75, 3.05) is 47.1 Å². The minimum atomic E-state index is -0.867. The lowest BCUT2D eigenvalue weighted by Crippen LogP contribution is -2.58. The third kappa shape index (κ3) is 4.53. The van der Waals surface area contributed by atoms with Crippen molar-refractivity contribution in [1.82, 2.24) is 4.90 Å². The molecule has 1 aromatic carbocycles. The third-order valence-electron chi connectivity index (χ3n) is 5.01. The van der Waals surface area contributed by atoms with Gasteiger partial charge in [-0.15, -0.1) is 0 Å². The number of hydrogen-bond donors (Lipinski definition) is 1. The molecule has 1 unspecified atom stereocenters. The lowest BCUT2D eigenvalue weighted by Gasteiger charge is -2.47. The average molecular weight is 345 g/mol. The number of hydrogen-bond acceptors (Lipinski definition) is 5.